The van der Waals surface area contributed by atoms with Crippen molar-refractivity contribution in [2.45, 2.75) is 159 Å². The minimum Gasteiger partial charge on any atom is -0.452 e. The average Bonchev–Trinajstić information content (AvgIpc) is 2.03. The highest BCUT2D eigenvalue weighted by molar-refractivity contribution is 5.99. The fourth-order valence-corrected chi connectivity index (χ4v) is 10.1. The number of hydrogen-bond donors (Lipinski definition) is 15. The zero-order valence-corrected chi connectivity index (χ0v) is 52.0. The van der Waals surface area contributed by atoms with E-state index in [2.05, 4.69) is 42.5 Å². The SMILES string of the molecule is CC(C)C[C@@H]1NC(=O)[C@@H](Cc2ccccc2)CC(=O)[C@H](CCN)NC(=O)[C@@H](NC(=O)[C@H](CCN)NC(=O)[C@@H](CC(=O)[C@H](CCN)OC(=O)C(F)c2ccc(-c3ccccc3)cc2)[C@@H](C)O)CCNC(=O)[C@H]([C@@H](C)O)NC(=O)[C@H](CCN)NC(=O)[C@H](CCN)NC1=O. The van der Waals surface area contributed by atoms with Crippen molar-refractivity contribution in [3.63, 3.8) is 0 Å². The molecule has 0 aliphatic carbocycles. The van der Waals surface area contributed by atoms with Crippen LogP contribution in [-0.2, 0) is 63.9 Å². The Hall–Kier alpha value is -8.12. The number of rotatable bonds is 27. The summed E-state index contributed by atoms with van der Waals surface area (Å²) in [7, 11) is 0. The normalized spacial score (nSPS) is 22.2. The van der Waals surface area contributed by atoms with E-state index in [9.17, 15) is 63.0 Å². The van der Waals surface area contributed by atoms with Gasteiger partial charge in [-0.1, -0.05) is 98.8 Å². The molecule has 28 heteroatoms. The number of esters is 1. The number of nitrogens with two attached hydrogens (primary N) is 5. The number of ketones is 2. The van der Waals surface area contributed by atoms with E-state index in [0.29, 0.717) is 5.56 Å². The number of alkyl halides is 1. The Morgan fingerprint density at radius 2 is 1.14 bits per heavy atom. The first-order valence-corrected chi connectivity index (χ1v) is 30.7. The molecule has 500 valence electrons. The first kappa shape index (κ1) is 75.3. The van der Waals surface area contributed by atoms with Crippen LogP contribution in [0.2, 0.25) is 0 Å². The molecule has 1 saturated heterocycles. The van der Waals surface area contributed by atoms with E-state index in [1.807, 2.05) is 30.3 Å². The average molecular weight is 1270 g/mol. The molecule has 1 aliphatic rings. The van der Waals surface area contributed by atoms with Gasteiger partial charge in [-0.2, -0.15) is 0 Å². The lowest BCUT2D eigenvalue weighted by molar-refractivity contribution is -0.161. The van der Waals surface area contributed by atoms with Gasteiger partial charge in [0.15, 0.2) is 17.7 Å². The lowest BCUT2D eigenvalue weighted by Crippen LogP contribution is -2.60. The molecule has 1 heterocycles. The van der Waals surface area contributed by atoms with Gasteiger partial charge in [-0.05, 0) is 120 Å². The van der Waals surface area contributed by atoms with Crippen LogP contribution in [0.1, 0.15) is 103 Å². The molecule has 3 aromatic rings. The molecule has 0 aromatic heterocycles. The van der Waals surface area contributed by atoms with E-state index >= 15 is 4.39 Å². The maximum atomic E-state index is 15.6. The van der Waals surface area contributed by atoms with Gasteiger partial charge in [-0.15, -0.1) is 0 Å². The van der Waals surface area contributed by atoms with Gasteiger partial charge in [0.25, 0.3) is 0 Å². The molecular weight excluding hydrogens is 1180 g/mol. The summed E-state index contributed by atoms with van der Waals surface area (Å²) in [5.41, 5.74) is 31.6. The fraction of sp³-hybridized carbons (Fsp3) is 0.540. The molecule has 1 aliphatic heterocycles. The molecule has 0 radical (unpaired) electrons. The third-order valence-corrected chi connectivity index (χ3v) is 15.2. The Balaban J connectivity index is 1.68. The van der Waals surface area contributed by atoms with Crippen LogP contribution < -0.4 is 71.2 Å². The minimum absolute atomic E-state index is 0.0302. The summed E-state index contributed by atoms with van der Waals surface area (Å²) >= 11 is 0. The largest absolute Gasteiger partial charge is 0.452 e. The van der Waals surface area contributed by atoms with Crippen molar-refractivity contribution in [3.05, 3.63) is 96.1 Å². The number of aliphatic hydroxyl groups excluding tert-OH is 2. The molecule has 0 spiro atoms. The van der Waals surface area contributed by atoms with Crippen LogP contribution in [0, 0.1) is 17.8 Å². The Labute approximate surface area is 529 Å². The van der Waals surface area contributed by atoms with Crippen molar-refractivity contribution in [1.82, 2.24) is 42.5 Å². The summed E-state index contributed by atoms with van der Waals surface area (Å²) in [5, 5.41) is 42.2. The lowest BCUT2D eigenvalue weighted by Gasteiger charge is -2.28. The van der Waals surface area contributed by atoms with Crippen molar-refractivity contribution in [2.24, 2.45) is 46.4 Å². The quantitative estimate of drug-likeness (QED) is 0.0372. The Kier molecular flexibility index (Phi) is 31.9. The number of carbonyl (C=O) groups excluding carboxylic acids is 11. The Morgan fingerprint density at radius 1 is 0.615 bits per heavy atom. The molecule has 8 amide bonds. The van der Waals surface area contributed by atoms with Gasteiger partial charge in [0.2, 0.25) is 53.4 Å². The maximum Gasteiger partial charge on any atom is 0.346 e. The zero-order valence-electron chi connectivity index (χ0n) is 52.0. The molecule has 13 atom stereocenters. The van der Waals surface area contributed by atoms with Gasteiger partial charge < -0.3 is 86.2 Å². The molecule has 20 N–H and O–H groups in total. The molecule has 3 aromatic carbocycles. The van der Waals surface area contributed by atoms with Crippen molar-refractivity contribution >= 4 is 64.8 Å². The van der Waals surface area contributed by atoms with Crippen LogP contribution in [0.25, 0.3) is 11.1 Å². The number of amides is 8. The molecule has 1 unspecified atom stereocenters. The molecular formula is C63H92FN13O14. The highest BCUT2D eigenvalue weighted by Gasteiger charge is 2.39. The number of benzene rings is 3. The fourth-order valence-electron chi connectivity index (χ4n) is 10.1. The van der Waals surface area contributed by atoms with E-state index in [1.54, 1.807) is 56.3 Å². The van der Waals surface area contributed by atoms with Gasteiger partial charge in [0.1, 0.15) is 36.3 Å². The Morgan fingerprint density at radius 3 is 1.69 bits per heavy atom. The Bertz CT molecular complexity index is 2890. The highest BCUT2D eigenvalue weighted by atomic mass is 19.1. The lowest BCUT2D eigenvalue weighted by atomic mass is 9.89. The third kappa shape index (κ3) is 24.2. The van der Waals surface area contributed by atoms with E-state index < -0.39 is 169 Å². The first-order valence-electron chi connectivity index (χ1n) is 30.7. The van der Waals surface area contributed by atoms with Crippen molar-refractivity contribution in [1.29, 1.82) is 0 Å². The van der Waals surface area contributed by atoms with Gasteiger partial charge in [0, 0.05) is 31.7 Å². The minimum atomic E-state index is -2.32. The van der Waals surface area contributed by atoms with Gasteiger partial charge in [-0.3, -0.25) is 47.9 Å². The topological polar surface area (TPSA) is 464 Å². The molecule has 0 bridgehead atoms. The number of ether oxygens (including phenoxy) is 1. The number of hydrogen-bond acceptors (Lipinski definition) is 19. The summed E-state index contributed by atoms with van der Waals surface area (Å²) in [5.74, 6) is -13.5. The van der Waals surface area contributed by atoms with Crippen molar-refractivity contribution in [2.75, 3.05) is 39.3 Å². The number of carbonyl (C=O) groups is 11. The summed E-state index contributed by atoms with van der Waals surface area (Å²) in [6, 6.07) is 13.4. The van der Waals surface area contributed by atoms with E-state index in [0.717, 1.165) is 11.1 Å². The summed E-state index contributed by atoms with van der Waals surface area (Å²) in [6.45, 7) is 4.55. The van der Waals surface area contributed by atoms with Gasteiger partial charge in [-0.25, -0.2) is 9.18 Å². The van der Waals surface area contributed by atoms with Crippen LogP contribution in [0.3, 0.4) is 0 Å². The van der Waals surface area contributed by atoms with Crippen molar-refractivity contribution < 1.29 is 72.1 Å². The van der Waals surface area contributed by atoms with Crippen LogP contribution >= 0.6 is 0 Å². The van der Waals surface area contributed by atoms with Crippen LogP contribution in [0.15, 0.2) is 84.9 Å². The highest BCUT2D eigenvalue weighted by Crippen LogP contribution is 2.26. The van der Waals surface area contributed by atoms with E-state index in [1.165, 1.54) is 26.0 Å². The second-order valence-corrected chi connectivity index (χ2v) is 23.0. The number of halogens is 1. The van der Waals surface area contributed by atoms with Crippen LogP contribution in [0.5, 0.6) is 0 Å². The maximum absolute atomic E-state index is 15.6. The monoisotopic (exact) mass is 1270 g/mol. The van der Waals surface area contributed by atoms with Crippen LogP contribution in [-0.4, -0.2) is 175 Å². The summed E-state index contributed by atoms with van der Waals surface area (Å²) < 4.78 is 21.0. The van der Waals surface area contributed by atoms with Gasteiger partial charge in [0.05, 0.1) is 24.2 Å². The standard InChI is InChI=1S/C63H92FN13O14/c1-35(2)31-49-61(88)74-46(21-27-67)58(85)73-47(22-28-68)60(87)77-54(37(4)79)62(89)70-30-24-48(59(86)71-44(19-25-65)50(80)33-42(55(82)76-49)32-38-11-7-5-8-12-38)75-57(84)45(20-26-66)72-56(83)43(36(3)78)34-51(81)52(23-29-69)91-63(90)53(64)41-17-15-40(16-18-41)39-13-9-6-10-14-39/h5-18,35-37,42-49,52-54,78-79H,19-34,65-69H2,1-4H3,(H,70,89)(H,71,86)(H,72,83)(H,73,85)(H,74,88)(H,75,84)(H,76,82)(H,77,87)/t36-,37-,42+,43+,44+,45+,46+,47+,48+,49+,52+,53?,54+/m1/s1. The second kappa shape index (κ2) is 38.5. The zero-order chi connectivity index (χ0) is 67.3. The summed E-state index contributed by atoms with van der Waals surface area (Å²) in [6.07, 6.45) is -10.0. The molecule has 27 nitrogen and oxygen atoms in total. The second-order valence-electron chi connectivity index (χ2n) is 23.0. The molecule has 1 fully saturated rings. The first-order chi connectivity index (χ1) is 43.3. The number of nitrogens with one attached hydrogen (secondary N) is 8. The molecule has 91 heavy (non-hydrogen) atoms. The van der Waals surface area contributed by atoms with E-state index in [4.69, 9.17) is 33.4 Å². The predicted octanol–water partition coefficient (Wildman–Crippen LogP) is -1.87. The smallest absolute Gasteiger partial charge is 0.346 e. The van der Waals surface area contributed by atoms with Crippen LogP contribution in [0.4, 0.5) is 4.39 Å². The molecule has 0 saturated carbocycles. The third-order valence-electron chi connectivity index (χ3n) is 15.2. The molecule has 4 rings (SSSR count). The van der Waals surface area contributed by atoms with E-state index in [-0.39, 0.29) is 89.2 Å². The predicted molar refractivity (Wildman–Crippen MR) is 334 cm³/mol. The summed E-state index contributed by atoms with van der Waals surface area (Å²) in [4.78, 5) is 155. The number of Topliss-reactive ketones (excluding diaryl/α,β-unsaturated/α-hetero) is 2. The number of aliphatic hydroxyl groups is 2. The van der Waals surface area contributed by atoms with Crippen molar-refractivity contribution in [3.8, 4) is 11.1 Å². The van der Waals surface area contributed by atoms with Gasteiger partial charge >= 0.3 is 5.97 Å².